The van der Waals surface area contributed by atoms with Crippen LogP contribution >= 0.6 is 0 Å². The first-order chi connectivity index (χ1) is 11.0. The molecule has 2 aromatic carbocycles. The number of amides is 2. The summed E-state index contributed by atoms with van der Waals surface area (Å²) >= 11 is 0. The number of rotatable bonds is 4. The second-order valence-corrected chi connectivity index (χ2v) is 5.31. The number of hydrogen-bond donors (Lipinski definition) is 2. The average molecular weight is 312 g/mol. The van der Waals surface area contributed by atoms with Crippen molar-refractivity contribution in [1.29, 1.82) is 0 Å². The van der Waals surface area contributed by atoms with Crippen LogP contribution in [0.3, 0.4) is 0 Å². The van der Waals surface area contributed by atoms with Crippen LogP contribution in [-0.2, 0) is 16.1 Å². The van der Waals surface area contributed by atoms with Crippen LogP contribution < -0.4 is 15.4 Å². The molecule has 0 spiro atoms. The minimum Gasteiger partial charge on any atom is -0.496 e. The van der Waals surface area contributed by atoms with Gasteiger partial charge in [0.15, 0.2) is 0 Å². The molecule has 5 heteroatoms. The number of benzene rings is 2. The Bertz CT molecular complexity index is 709. The van der Waals surface area contributed by atoms with Crippen LogP contribution in [0.1, 0.15) is 16.7 Å². The number of carbonyl (C=O) groups is 2. The Morgan fingerprint density at radius 1 is 1.00 bits per heavy atom. The molecule has 0 unspecified atom stereocenters. The highest BCUT2D eigenvalue weighted by Crippen LogP contribution is 2.18. The van der Waals surface area contributed by atoms with Gasteiger partial charge in [-0.2, -0.15) is 0 Å². The molecule has 2 amide bonds. The molecule has 0 radical (unpaired) electrons. The number of carbonyl (C=O) groups excluding carboxylic acids is 2. The van der Waals surface area contributed by atoms with Crippen LogP contribution in [0.15, 0.2) is 42.5 Å². The number of aryl methyl sites for hydroxylation is 2. The van der Waals surface area contributed by atoms with E-state index in [0.29, 0.717) is 5.69 Å². The molecule has 5 nitrogen and oxygen atoms in total. The number of anilines is 1. The van der Waals surface area contributed by atoms with Crippen molar-refractivity contribution in [3.63, 3.8) is 0 Å². The zero-order chi connectivity index (χ0) is 16.8. The van der Waals surface area contributed by atoms with Gasteiger partial charge in [-0.1, -0.05) is 29.8 Å². The first kappa shape index (κ1) is 16.5. The normalized spacial score (nSPS) is 10.0. The van der Waals surface area contributed by atoms with E-state index in [0.717, 1.165) is 22.4 Å². The summed E-state index contributed by atoms with van der Waals surface area (Å²) in [5.74, 6) is -0.560. The lowest BCUT2D eigenvalue weighted by Gasteiger charge is -2.09. The third kappa shape index (κ3) is 4.57. The maximum Gasteiger partial charge on any atom is 0.313 e. The summed E-state index contributed by atoms with van der Waals surface area (Å²) in [7, 11) is 1.61. The van der Waals surface area contributed by atoms with Gasteiger partial charge in [-0.05, 0) is 43.2 Å². The molecule has 0 fully saturated rings. The van der Waals surface area contributed by atoms with E-state index >= 15 is 0 Å². The number of ether oxygens (including phenoxy) is 1. The molecule has 0 aromatic heterocycles. The summed E-state index contributed by atoms with van der Waals surface area (Å²) in [5.41, 5.74) is 3.56. The average Bonchev–Trinajstić information content (AvgIpc) is 2.54. The molecule has 0 heterocycles. The number of methoxy groups -OCH3 is 1. The third-order valence-electron chi connectivity index (χ3n) is 3.43. The largest absolute Gasteiger partial charge is 0.496 e. The lowest BCUT2D eigenvalue weighted by Crippen LogP contribution is -2.34. The Balaban J connectivity index is 1.90. The van der Waals surface area contributed by atoms with Crippen molar-refractivity contribution in [3.8, 4) is 5.75 Å². The summed E-state index contributed by atoms with van der Waals surface area (Å²) < 4.78 is 5.19. The van der Waals surface area contributed by atoms with E-state index < -0.39 is 11.8 Å². The highest BCUT2D eigenvalue weighted by molar-refractivity contribution is 6.39. The molecule has 0 saturated carbocycles. The smallest absolute Gasteiger partial charge is 0.313 e. The molecular formula is C18H20N2O3. The fourth-order valence-corrected chi connectivity index (χ4v) is 2.14. The van der Waals surface area contributed by atoms with E-state index in [1.54, 1.807) is 19.2 Å². The Labute approximate surface area is 135 Å². The monoisotopic (exact) mass is 312 g/mol. The van der Waals surface area contributed by atoms with Gasteiger partial charge in [0, 0.05) is 12.2 Å². The minimum atomic E-state index is -0.681. The van der Waals surface area contributed by atoms with E-state index in [4.69, 9.17) is 4.74 Å². The molecule has 120 valence electrons. The second-order valence-electron chi connectivity index (χ2n) is 5.31. The molecule has 0 bridgehead atoms. The molecule has 0 saturated heterocycles. The van der Waals surface area contributed by atoms with Crippen LogP contribution in [-0.4, -0.2) is 18.9 Å². The Kier molecular flexibility index (Phi) is 5.36. The van der Waals surface area contributed by atoms with Crippen molar-refractivity contribution in [1.82, 2.24) is 5.32 Å². The predicted molar refractivity (Wildman–Crippen MR) is 89.4 cm³/mol. The van der Waals surface area contributed by atoms with Crippen molar-refractivity contribution in [2.24, 2.45) is 0 Å². The molecule has 2 aromatic rings. The highest BCUT2D eigenvalue weighted by atomic mass is 16.5. The first-order valence-electron chi connectivity index (χ1n) is 7.29. The molecule has 2 rings (SSSR count). The quantitative estimate of drug-likeness (QED) is 0.853. The summed E-state index contributed by atoms with van der Waals surface area (Å²) in [5, 5.41) is 5.17. The molecule has 0 aliphatic carbocycles. The first-order valence-corrected chi connectivity index (χ1v) is 7.29. The van der Waals surface area contributed by atoms with Crippen molar-refractivity contribution in [3.05, 3.63) is 59.2 Å². The number of nitrogens with one attached hydrogen (secondary N) is 2. The molecule has 0 aliphatic heterocycles. The highest BCUT2D eigenvalue weighted by Gasteiger charge is 2.13. The van der Waals surface area contributed by atoms with Crippen LogP contribution in [0.4, 0.5) is 5.69 Å². The minimum absolute atomic E-state index is 0.283. The fourth-order valence-electron chi connectivity index (χ4n) is 2.14. The second kappa shape index (κ2) is 7.45. The van der Waals surface area contributed by atoms with Crippen LogP contribution in [0.5, 0.6) is 5.75 Å². The molecule has 23 heavy (non-hydrogen) atoms. The lowest BCUT2D eigenvalue weighted by atomic mass is 10.1. The molecule has 0 atom stereocenters. The molecular weight excluding hydrogens is 292 g/mol. The predicted octanol–water partition coefficient (Wildman–Crippen LogP) is 2.57. The van der Waals surface area contributed by atoms with Crippen molar-refractivity contribution < 1.29 is 14.3 Å². The maximum atomic E-state index is 11.8. The lowest BCUT2D eigenvalue weighted by molar-refractivity contribution is -0.136. The zero-order valence-electron chi connectivity index (χ0n) is 13.5. The summed E-state index contributed by atoms with van der Waals surface area (Å²) in [6, 6.07) is 12.9. The van der Waals surface area contributed by atoms with Crippen molar-refractivity contribution in [2.45, 2.75) is 20.4 Å². The van der Waals surface area contributed by atoms with Crippen LogP contribution in [0, 0.1) is 13.8 Å². The standard InChI is InChI=1S/C18H20N2O3/c1-12-4-7-15(8-5-12)20-18(22)17(21)19-11-14-6-9-16(23-3)13(2)10-14/h4-10H,11H2,1-3H3,(H,19,21)(H,20,22). The molecule has 0 aliphatic rings. The van der Waals surface area contributed by atoms with E-state index in [9.17, 15) is 9.59 Å². The molecule has 2 N–H and O–H groups in total. The number of hydrogen-bond acceptors (Lipinski definition) is 3. The van der Waals surface area contributed by atoms with Gasteiger partial charge >= 0.3 is 11.8 Å². The van der Waals surface area contributed by atoms with E-state index in [1.807, 2.05) is 44.2 Å². The van der Waals surface area contributed by atoms with Gasteiger partial charge < -0.3 is 15.4 Å². The van der Waals surface area contributed by atoms with Crippen molar-refractivity contribution >= 4 is 17.5 Å². The van der Waals surface area contributed by atoms with Crippen LogP contribution in [0.2, 0.25) is 0 Å². The topological polar surface area (TPSA) is 67.4 Å². The van der Waals surface area contributed by atoms with Crippen LogP contribution in [0.25, 0.3) is 0 Å². The van der Waals surface area contributed by atoms with E-state index in [2.05, 4.69) is 10.6 Å². The van der Waals surface area contributed by atoms with Crippen molar-refractivity contribution in [2.75, 3.05) is 12.4 Å². The third-order valence-corrected chi connectivity index (χ3v) is 3.43. The SMILES string of the molecule is COc1ccc(CNC(=O)C(=O)Nc2ccc(C)cc2)cc1C. The fraction of sp³-hybridized carbons (Fsp3) is 0.222. The van der Waals surface area contributed by atoms with Gasteiger partial charge in [-0.25, -0.2) is 0 Å². The van der Waals surface area contributed by atoms with Gasteiger partial charge in [-0.15, -0.1) is 0 Å². The summed E-state index contributed by atoms with van der Waals surface area (Å²) in [4.78, 5) is 23.7. The Morgan fingerprint density at radius 3 is 2.30 bits per heavy atom. The summed E-state index contributed by atoms with van der Waals surface area (Å²) in [6.07, 6.45) is 0. The zero-order valence-corrected chi connectivity index (χ0v) is 13.5. The Hall–Kier alpha value is -2.82. The summed E-state index contributed by atoms with van der Waals surface area (Å²) in [6.45, 7) is 4.16. The van der Waals surface area contributed by atoms with Gasteiger partial charge in [0.05, 0.1) is 7.11 Å². The van der Waals surface area contributed by atoms with Gasteiger partial charge in [0.25, 0.3) is 0 Å². The van der Waals surface area contributed by atoms with Gasteiger partial charge in [0.1, 0.15) is 5.75 Å². The van der Waals surface area contributed by atoms with Gasteiger partial charge in [0.2, 0.25) is 0 Å². The van der Waals surface area contributed by atoms with E-state index in [1.165, 1.54) is 0 Å². The van der Waals surface area contributed by atoms with E-state index in [-0.39, 0.29) is 6.54 Å². The van der Waals surface area contributed by atoms with Gasteiger partial charge in [-0.3, -0.25) is 9.59 Å². The maximum absolute atomic E-state index is 11.8. The Morgan fingerprint density at radius 2 is 1.70 bits per heavy atom.